The molecule has 6 nitrogen and oxygen atoms in total. The molecule has 13 heavy (non-hydrogen) atoms. The SMILES string of the molecule is CC(F)(F)CC(=O)Nc1nn[nH]n1. The van der Waals surface area contributed by atoms with Crippen LogP contribution in [0.4, 0.5) is 14.7 Å². The van der Waals surface area contributed by atoms with Crippen molar-refractivity contribution in [2.24, 2.45) is 0 Å². The number of rotatable bonds is 3. The molecule has 8 heteroatoms. The van der Waals surface area contributed by atoms with Crippen molar-refractivity contribution in [2.75, 3.05) is 5.32 Å². The van der Waals surface area contributed by atoms with E-state index >= 15 is 0 Å². The largest absolute Gasteiger partial charge is 0.292 e. The fourth-order valence-electron chi connectivity index (χ4n) is 0.666. The molecule has 1 rings (SSSR count). The first kappa shape index (κ1) is 9.49. The average Bonchev–Trinajstić information content (AvgIpc) is 2.34. The Balaban J connectivity index is 2.43. The molecule has 0 aliphatic heterocycles. The molecule has 0 spiro atoms. The molecule has 1 aromatic rings. The van der Waals surface area contributed by atoms with Crippen LogP contribution in [0.3, 0.4) is 0 Å². The Kier molecular flexibility index (Phi) is 2.49. The summed E-state index contributed by atoms with van der Waals surface area (Å²) in [7, 11) is 0. The highest BCUT2D eigenvalue weighted by Gasteiger charge is 2.25. The summed E-state index contributed by atoms with van der Waals surface area (Å²) >= 11 is 0. The Morgan fingerprint density at radius 2 is 2.38 bits per heavy atom. The third-order valence-corrected chi connectivity index (χ3v) is 1.07. The summed E-state index contributed by atoms with van der Waals surface area (Å²) in [5, 5.41) is 14.0. The van der Waals surface area contributed by atoms with Crippen molar-refractivity contribution in [2.45, 2.75) is 19.3 Å². The summed E-state index contributed by atoms with van der Waals surface area (Å²) in [6.07, 6.45) is -0.901. The lowest BCUT2D eigenvalue weighted by Crippen LogP contribution is -2.22. The van der Waals surface area contributed by atoms with Gasteiger partial charge in [0.05, 0.1) is 6.42 Å². The Morgan fingerprint density at radius 1 is 1.69 bits per heavy atom. The number of aromatic amines is 1. The maximum Gasteiger partial charge on any atom is 0.269 e. The van der Waals surface area contributed by atoms with Gasteiger partial charge in [-0.1, -0.05) is 5.10 Å². The van der Waals surface area contributed by atoms with Crippen molar-refractivity contribution in [3.8, 4) is 0 Å². The Morgan fingerprint density at radius 3 is 2.85 bits per heavy atom. The molecule has 0 saturated heterocycles. The van der Waals surface area contributed by atoms with Gasteiger partial charge in [0.25, 0.3) is 11.9 Å². The van der Waals surface area contributed by atoms with Gasteiger partial charge >= 0.3 is 0 Å². The van der Waals surface area contributed by atoms with Gasteiger partial charge in [-0.2, -0.15) is 5.21 Å². The zero-order valence-corrected chi connectivity index (χ0v) is 6.71. The molecule has 1 amide bonds. The van der Waals surface area contributed by atoms with Gasteiger partial charge in [-0.3, -0.25) is 10.1 Å². The predicted octanol–water partition coefficient (Wildman–Crippen LogP) is 0.183. The first-order chi connectivity index (χ1) is 5.97. The van der Waals surface area contributed by atoms with Gasteiger partial charge in [0.1, 0.15) is 0 Å². The van der Waals surface area contributed by atoms with E-state index in [0.717, 1.165) is 0 Å². The lowest BCUT2D eigenvalue weighted by atomic mass is 10.2. The second-order valence-corrected chi connectivity index (χ2v) is 2.53. The van der Waals surface area contributed by atoms with Crippen molar-refractivity contribution >= 4 is 11.9 Å². The van der Waals surface area contributed by atoms with E-state index in [9.17, 15) is 13.6 Å². The van der Waals surface area contributed by atoms with E-state index in [1.807, 2.05) is 5.32 Å². The van der Waals surface area contributed by atoms with Gasteiger partial charge in [0.2, 0.25) is 5.91 Å². The third kappa shape index (κ3) is 3.54. The van der Waals surface area contributed by atoms with Crippen LogP contribution in [0.25, 0.3) is 0 Å². The quantitative estimate of drug-likeness (QED) is 0.713. The van der Waals surface area contributed by atoms with Gasteiger partial charge < -0.3 is 0 Å². The standard InChI is InChI=1S/C5H7F2N5O/c1-5(6,7)2-3(13)8-4-9-11-12-10-4/h2H2,1H3,(H2,8,9,10,11,12,13). The molecule has 0 fully saturated rings. The third-order valence-electron chi connectivity index (χ3n) is 1.07. The van der Waals surface area contributed by atoms with Crippen molar-refractivity contribution in [1.29, 1.82) is 0 Å². The lowest BCUT2D eigenvalue weighted by Gasteiger charge is -2.07. The van der Waals surface area contributed by atoms with Crippen LogP contribution in [-0.4, -0.2) is 32.5 Å². The monoisotopic (exact) mass is 191 g/mol. The number of anilines is 1. The zero-order chi connectivity index (χ0) is 9.90. The minimum Gasteiger partial charge on any atom is -0.292 e. The first-order valence-electron chi connectivity index (χ1n) is 3.38. The fourth-order valence-corrected chi connectivity index (χ4v) is 0.666. The summed E-state index contributed by atoms with van der Waals surface area (Å²) in [6.45, 7) is 0.656. The van der Waals surface area contributed by atoms with E-state index in [4.69, 9.17) is 0 Å². The van der Waals surface area contributed by atoms with Crippen LogP contribution in [-0.2, 0) is 4.79 Å². The smallest absolute Gasteiger partial charge is 0.269 e. The molecule has 0 radical (unpaired) electrons. The number of alkyl halides is 2. The van der Waals surface area contributed by atoms with Crippen molar-refractivity contribution in [3.63, 3.8) is 0 Å². The maximum atomic E-state index is 12.3. The van der Waals surface area contributed by atoms with Crippen LogP contribution in [0.1, 0.15) is 13.3 Å². The Bertz CT molecular complexity index is 280. The number of tetrazole rings is 1. The molecule has 0 aliphatic rings. The van der Waals surface area contributed by atoms with Gasteiger partial charge in [0.15, 0.2) is 0 Å². The van der Waals surface area contributed by atoms with Gasteiger partial charge in [-0.15, -0.1) is 5.10 Å². The molecule has 0 unspecified atom stereocenters. The fraction of sp³-hybridized carbons (Fsp3) is 0.600. The highest BCUT2D eigenvalue weighted by molar-refractivity contribution is 5.89. The molecule has 72 valence electrons. The molecule has 0 atom stereocenters. The number of carbonyl (C=O) groups is 1. The predicted molar refractivity (Wildman–Crippen MR) is 38.0 cm³/mol. The van der Waals surface area contributed by atoms with E-state index in [-0.39, 0.29) is 5.95 Å². The lowest BCUT2D eigenvalue weighted by molar-refractivity contribution is -0.122. The number of H-pyrrole nitrogens is 1. The van der Waals surface area contributed by atoms with E-state index in [0.29, 0.717) is 6.92 Å². The number of hydrogen-bond donors (Lipinski definition) is 2. The van der Waals surface area contributed by atoms with Crippen LogP contribution in [0, 0.1) is 0 Å². The van der Waals surface area contributed by atoms with Crippen LogP contribution >= 0.6 is 0 Å². The van der Waals surface area contributed by atoms with Crippen LogP contribution < -0.4 is 5.32 Å². The average molecular weight is 191 g/mol. The molecule has 0 aliphatic carbocycles. The molecule has 1 heterocycles. The van der Waals surface area contributed by atoms with Gasteiger partial charge in [0, 0.05) is 0 Å². The Labute approximate surface area is 71.7 Å². The zero-order valence-electron chi connectivity index (χ0n) is 6.71. The summed E-state index contributed by atoms with van der Waals surface area (Å²) in [5.74, 6) is -4.00. The number of carbonyl (C=O) groups excluding carboxylic acids is 1. The van der Waals surface area contributed by atoms with Crippen LogP contribution in [0.5, 0.6) is 0 Å². The van der Waals surface area contributed by atoms with Crippen LogP contribution in [0.2, 0.25) is 0 Å². The summed E-state index contributed by atoms with van der Waals surface area (Å²) in [4.78, 5) is 10.8. The van der Waals surface area contributed by atoms with Crippen LogP contribution in [0.15, 0.2) is 0 Å². The number of aromatic nitrogens is 4. The second kappa shape index (κ2) is 3.42. The van der Waals surface area contributed by atoms with E-state index in [1.165, 1.54) is 0 Å². The van der Waals surface area contributed by atoms with Gasteiger partial charge in [-0.25, -0.2) is 8.78 Å². The summed E-state index contributed by atoms with van der Waals surface area (Å²) < 4.78 is 24.6. The molecule has 1 aromatic heterocycles. The Hall–Kier alpha value is -1.60. The number of nitrogens with zero attached hydrogens (tertiary/aromatic N) is 3. The van der Waals surface area contributed by atoms with Crippen molar-refractivity contribution in [1.82, 2.24) is 20.6 Å². The normalized spacial score (nSPS) is 11.3. The number of nitrogens with one attached hydrogen (secondary N) is 2. The number of halogens is 2. The number of amides is 1. The first-order valence-corrected chi connectivity index (χ1v) is 3.38. The maximum absolute atomic E-state index is 12.3. The van der Waals surface area contributed by atoms with Gasteiger partial charge in [-0.05, 0) is 12.1 Å². The van der Waals surface area contributed by atoms with E-state index in [2.05, 4.69) is 20.6 Å². The highest BCUT2D eigenvalue weighted by atomic mass is 19.3. The summed E-state index contributed by atoms with van der Waals surface area (Å²) in [5.41, 5.74) is 0. The topological polar surface area (TPSA) is 83.6 Å². The molecule has 0 bridgehead atoms. The molecular weight excluding hydrogens is 184 g/mol. The van der Waals surface area contributed by atoms with Crippen molar-refractivity contribution in [3.05, 3.63) is 0 Å². The number of hydrogen-bond acceptors (Lipinski definition) is 4. The molecule has 0 saturated carbocycles. The minimum absolute atomic E-state index is 0.116. The molecular formula is C5H7F2N5O. The highest BCUT2D eigenvalue weighted by Crippen LogP contribution is 2.16. The molecule has 0 aromatic carbocycles. The minimum atomic E-state index is -3.03. The van der Waals surface area contributed by atoms with E-state index in [1.54, 1.807) is 0 Å². The van der Waals surface area contributed by atoms with Crippen molar-refractivity contribution < 1.29 is 13.6 Å². The van der Waals surface area contributed by atoms with E-state index < -0.39 is 18.3 Å². The molecule has 2 N–H and O–H groups in total. The second-order valence-electron chi connectivity index (χ2n) is 2.53. The summed E-state index contributed by atoms with van der Waals surface area (Å²) in [6, 6.07) is 0.